The molecule has 0 radical (unpaired) electrons. The summed E-state index contributed by atoms with van der Waals surface area (Å²) >= 11 is 0. The first kappa shape index (κ1) is 12.4. The molecule has 0 bridgehead atoms. The monoisotopic (exact) mass is 255 g/mol. The second kappa shape index (κ2) is 5.17. The summed E-state index contributed by atoms with van der Waals surface area (Å²) < 4.78 is 0. The first-order valence-electron chi connectivity index (χ1n) is 7.07. The van der Waals surface area contributed by atoms with Gasteiger partial charge in [-0.15, -0.1) is 0 Å². The van der Waals surface area contributed by atoms with Crippen molar-refractivity contribution in [1.82, 2.24) is 15.3 Å². The van der Waals surface area contributed by atoms with E-state index in [4.69, 9.17) is 0 Å². The zero-order valence-corrected chi connectivity index (χ0v) is 11.7. The van der Waals surface area contributed by atoms with Crippen LogP contribution in [-0.2, 0) is 6.42 Å². The zero-order chi connectivity index (χ0) is 13.2. The van der Waals surface area contributed by atoms with Crippen LogP contribution in [0.15, 0.2) is 24.4 Å². The number of hydrogen-bond donors (Lipinski definition) is 2. The molecule has 3 heteroatoms. The Kier molecular flexibility index (Phi) is 3.38. The van der Waals surface area contributed by atoms with Crippen LogP contribution >= 0.6 is 0 Å². The molecule has 19 heavy (non-hydrogen) atoms. The van der Waals surface area contributed by atoms with Crippen LogP contribution in [-0.4, -0.2) is 22.6 Å². The number of aryl methyl sites for hydroxylation is 2. The van der Waals surface area contributed by atoms with Gasteiger partial charge in [-0.2, -0.15) is 0 Å². The first-order valence-corrected chi connectivity index (χ1v) is 7.07. The quantitative estimate of drug-likeness (QED) is 0.862. The van der Waals surface area contributed by atoms with Gasteiger partial charge in [-0.25, -0.2) is 4.98 Å². The Morgan fingerprint density at radius 2 is 2.16 bits per heavy atom. The fourth-order valence-corrected chi connectivity index (χ4v) is 2.42. The molecule has 0 unspecified atom stereocenters. The fourth-order valence-electron chi connectivity index (χ4n) is 2.42. The van der Waals surface area contributed by atoms with E-state index in [0.717, 1.165) is 30.5 Å². The molecule has 1 aliphatic rings. The molecule has 2 aromatic rings. The lowest BCUT2D eigenvalue weighted by molar-refractivity contribution is 0.669. The molecule has 0 atom stereocenters. The molecule has 100 valence electrons. The number of aromatic amines is 1. The number of aromatic nitrogens is 2. The summed E-state index contributed by atoms with van der Waals surface area (Å²) in [5.41, 5.74) is 4.97. The summed E-state index contributed by atoms with van der Waals surface area (Å²) in [6.45, 7) is 5.29. The van der Waals surface area contributed by atoms with Gasteiger partial charge in [0.15, 0.2) is 0 Å². The van der Waals surface area contributed by atoms with Gasteiger partial charge >= 0.3 is 0 Å². The summed E-state index contributed by atoms with van der Waals surface area (Å²) in [5, 5.41) is 3.51. The molecular weight excluding hydrogens is 234 g/mol. The molecule has 1 aromatic heterocycles. The maximum absolute atomic E-state index is 4.48. The molecule has 3 nitrogen and oxygen atoms in total. The first-order chi connectivity index (χ1) is 9.22. The van der Waals surface area contributed by atoms with E-state index in [2.05, 4.69) is 47.3 Å². The van der Waals surface area contributed by atoms with Gasteiger partial charge < -0.3 is 10.3 Å². The maximum atomic E-state index is 4.48. The van der Waals surface area contributed by atoms with E-state index in [1.807, 2.05) is 6.20 Å². The van der Waals surface area contributed by atoms with E-state index >= 15 is 0 Å². The van der Waals surface area contributed by atoms with Gasteiger partial charge in [0.25, 0.3) is 0 Å². The standard InChI is InChI=1S/C16H21N3/c1-11-3-6-14(12(2)9-11)15-10-18-16(19-15)7-8-17-13-4-5-13/h3,6,9-10,13,17H,4-5,7-8H2,1-2H3,(H,18,19). The molecule has 1 heterocycles. The van der Waals surface area contributed by atoms with Crippen LogP contribution in [0.4, 0.5) is 0 Å². The van der Waals surface area contributed by atoms with Crippen LogP contribution in [0.2, 0.25) is 0 Å². The molecule has 0 saturated heterocycles. The van der Waals surface area contributed by atoms with Gasteiger partial charge in [-0.1, -0.05) is 23.8 Å². The van der Waals surface area contributed by atoms with Crippen molar-refractivity contribution in [2.24, 2.45) is 0 Å². The second-order valence-corrected chi connectivity index (χ2v) is 5.54. The Labute approximate surface area is 114 Å². The Morgan fingerprint density at radius 1 is 1.32 bits per heavy atom. The van der Waals surface area contributed by atoms with E-state index in [1.165, 1.54) is 29.5 Å². The smallest absolute Gasteiger partial charge is 0.107 e. The average molecular weight is 255 g/mol. The van der Waals surface area contributed by atoms with Crippen LogP contribution in [0, 0.1) is 13.8 Å². The molecule has 1 aliphatic carbocycles. The third kappa shape index (κ3) is 3.04. The average Bonchev–Trinajstić information content (AvgIpc) is 3.07. The predicted molar refractivity (Wildman–Crippen MR) is 78.2 cm³/mol. The van der Waals surface area contributed by atoms with Crippen LogP contribution in [0.1, 0.15) is 29.8 Å². The van der Waals surface area contributed by atoms with Crippen molar-refractivity contribution in [3.05, 3.63) is 41.3 Å². The molecule has 0 spiro atoms. The van der Waals surface area contributed by atoms with Crippen molar-refractivity contribution in [2.75, 3.05) is 6.54 Å². The lowest BCUT2D eigenvalue weighted by atomic mass is 10.0. The number of nitrogens with one attached hydrogen (secondary N) is 2. The van der Waals surface area contributed by atoms with Crippen molar-refractivity contribution in [3.63, 3.8) is 0 Å². The molecule has 0 aliphatic heterocycles. The van der Waals surface area contributed by atoms with Gasteiger partial charge in [0, 0.05) is 24.6 Å². The van der Waals surface area contributed by atoms with E-state index in [-0.39, 0.29) is 0 Å². The van der Waals surface area contributed by atoms with Crippen LogP contribution in [0.25, 0.3) is 11.3 Å². The molecule has 3 rings (SSSR count). The number of benzene rings is 1. The summed E-state index contributed by atoms with van der Waals surface area (Å²) in [4.78, 5) is 7.91. The van der Waals surface area contributed by atoms with Crippen LogP contribution in [0.5, 0.6) is 0 Å². The minimum absolute atomic E-state index is 0.772. The highest BCUT2D eigenvalue weighted by Gasteiger charge is 2.19. The van der Waals surface area contributed by atoms with Crippen LogP contribution in [0.3, 0.4) is 0 Å². The van der Waals surface area contributed by atoms with Crippen molar-refractivity contribution >= 4 is 0 Å². The molecule has 1 fully saturated rings. The Bertz CT molecular complexity index is 567. The molecule has 1 aromatic carbocycles. The zero-order valence-electron chi connectivity index (χ0n) is 11.7. The van der Waals surface area contributed by atoms with E-state index < -0.39 is 0 Å². The normalized spacial score (nSPS) is 14.8. The largest absolute Gasteiger partial charge is 0.342 e. The number of H-pyrrole nitrogens is 1. The SMILES string of the molecule is Cc1ccc(-c2cnc(CCNC3CC3)[nH]2)c(C)c1. The molecular formula is C16H21N3. The van der Waals surface area contributed by atoms with Crippen molar-refractivity contribution in [1.29, 1.82) is 0 Å². The highest BCUT2D eigenvalue weighted by Crippen LogP contribution is 2.22. The van der Waals surface area contributed by atoms with Gasteiger partial charge in [0.1, 0.15) is 5.82 Å². The number of nitrogens with zero attached hydrogens (tertiary/aromatic N) is 1. The lowest BCUT2D eigenvalue weighted by Crippen LogP contribution is -2.19. The molecule has 2 N–H and O–H groups in total. The van der Waals surface area contributed by atoms with Crippen molar-refractivity contribution < 1.29 is 0 Å². The van der Waals surface area contributed by atoms with Crippen molar-refractivity contribution in [2.45, 2.75) is 39.2 Å². The molecule has 0 amide bonds. The van der Waals surface area contributed by atoms with Crippen LogP contribution < -0.4 is 5.32 Å². The third-order valence-corrected chi connectivity index (χ3v) is 3.67. The Morgan fingerprint density at radius 3 is 2.89 bits per heavy atom. The molecule has 1 saturated carbocycles. The fraction of sp³-hybridized carbons (Fsp3) is 0.438. The lowest BCUT2D eigenvalue weighted by Gasteiger charge is -2.04. The Hall–Kier alpha value is -1.61. The predicted octanol–water partition coefficient (Wildman–Crippen LogP) is 2.99. The summed E-state index contributed by atoms with van der Waals surface area (Å²) in [7, 11) is 0. The summed E-state index contributed by atoms with van der Waals surface area (Å²) in [6, 6.07) is 7.31. The number of rotatable bonds is 5. The third-order valence-electron chi connectivity index (χ3n) is 3.67. The van der Waals surface area contributed by atoms with E-state index in [0.29, 0.717) is 0 Å². The minimum Gasteiger partial charge on any atom is -0.342 e. The van der Waals surface area contributed by atoms with E-state index in [1.54, 1.807) is 0 Å². The maximum Gasteiger partial charge on any atom is 0.107 e. The van der Waals surface area contributed by atoms with Gasteiger partial charge in [-0.05, 0) is 32.3 Å². The van der Waals surface area contributed by atoms with Gasteiger partial charge in [0.2, 0.25) is 0 Å². The topological polar surface area (TPSA) is 40.7 Å². The van der Waals surface area contributed by atoms with Gasteiger partial charge in [0.05, 0.1) is 11.9 Å². The minimum atomic E-state index is 0.772. The highest BCUT2D eigenvalue weighted by molar-refractivity contribution is 5.63. The van der Waals surface area contributed by atoms with E-state index in [9.17, 15) is 0 Å². The summed E-state index contributed by atoms with van der Waals surface area (Å²) in [6.07, 6.45) is 5.60. The Balaban J connectivity index is 1.68. The van der Waals surface area contributed by atoms with Crippen molar-refractivity contribution in [3.8, 4) is 11.3 Å². The number of hydrogen-bond acceptors (Lipinski definition) is 2. The number of imidazole rings is 1. The second-order valence-electron chi connectivity index (χ2n) is 5.54. The summed E-state index contributed by atoms with van der Waals surface area (Å²) in [5.74, 6) is 1.07. The highest BCUT2D eigenvalue weighted by atomic mass is 15.0. The van der Waals surface area contributed by atoms with Gasteiger partial charge in [-0.3, -0.25) is 0 Å².